The molecule has 3 heteroatoms. The molecule has 2 heterocycles. The van der Waals surface area contributed by atoms with E-state index in [1.807, 2.05) is 24.8 Å². The third-order valence-corrected chi connectivity index (χ3v) is 3.65. The van der Waals surface area contributed by atoms with Crippen LogP contribution in [0.3, 0.4) is 0 Å². The molecule has 3 rings (SSSR count). The number of aryl methyl sites for hydroxylation is 1. The van der Waals surface area contributed by atoms with Gasteiger partial charge in [0.1, 0.15) is 5.69 Å². The van der Waals surface area contributed by atoms with Crippen molar-refractivity contribution < 1.29 is 4.79 Å². The maximum Gasteiger partial charge on any atom is 0.270 e. The van der Waals surface area contributed by atoms with Gasteiger partial charge in [0.15, 0.2) is 0 Å². The lowest BCUT2D eigenvalue weighted by molar-refractivity contribution is 0.0719. The summed E-state index contributed by atoms with van der Waals surface area (Å²) in [4.78, 5) is 17.6. The Kier molecular flexibility index (Phi) is 4.83. The van der Waals surface area contributed by atoms with Crippen LogP contribution in [0.25, 0.3) is 10.9 Å². The van der Waals surface area contributed by atoms with E-state index < -0.39 is 0 Å². The van der Waals surface area contributed by atoms with Gasteiger partial charge >= 0.3 is 0 Å². The minimum absolute atomic E-state index is 0.142. The van der Waals surface area contributed by atoms with E-state index in [2.05, 4.69) is 30.1 Å². The van der Waals surface area contributed by atoms with E-state index in [1.165, 1.54) is 12.0 Å². The maximum absolute atomic E-state index is 12.3. The van der Waals surface area contributed by atoms with Crippen LogP contribution >= 0.6 is 0 Å². The molecule has 1 amide bonds. The number of piperidine rings is 1. The van der Waals surface area contributed by atoms with Crippen molar-refractivity contribution >= 4 is 16.8 Å². The predicted octanol–water partition coefficient (Wildman–Crippen LogP) is 4.13. The van der Waals surface area contributed by atoms with E-state index in [1.54, 1.807) is 0 Å². The molecule has 0 spiro atoms. The van der Waals surface area contributed by atoms with Crippen LogP contribution in [0.5, 0.6) is 0 Å². The number of fused-ring (bicyclic) bond motifs is 1. The van der Waals surface area contributed by atoms with Gasteiger partial charge in [0.25, 0.3) is 5.91 Å². The van der Waals surface area contributed by atoms with Crippen LogP contribution in [0.1, 0.15) is 49.2 Å². The van der Waals surface area contributed by atoms with E-state index in [0.717, 1.165) is 42.5 Å². The van der Waals surface area contributed by atoms with Gasteiger partial charge in [0, 0.05) is 24.0 Å². The van der Waals surface area contributed by atoms with Crippen molar-refractivity contribution in [2.24, 2.45) is 0 Å². The van der Waals surface area contributed by atoms with Gasteiger partial charge in [0.2, 0.25) is 0 Å². The zero-order valence-corrected chi connectivity index (χ0v) is 12.7. The van der Waals surface area contributed by atoms with Gasteiger partial charge in [-0.15, -0.1) is 0 Å². The number of amides is 1. The molecule has 0 radical (unpaired) electrons. The molecule has 0 atom stereocenters. The van der Waals surface area contributed by atoms with Crippen molar-refractivity contribution in [1.82, 2.24) is 9.88 Å². The molecule has 1 aliphatic rings. The average molecular weight is 272 g/mol. The van der Waals surface area contributed by atoms with Crippen LogP contribution in [0.15, 0.2) is 24.3 Å². The molecule has 0 saturated carbocycles. The van der Waals surface area contributed by atoms with Crippen LogP contribution < -0.4 is 0 Å². The van der Waals surface area contributed by atoms with Crippen LogP contribution in [-0.4, -0.2) is 28.9 Å². The SMILES string of the molecule is CC.Cc1ccc2cc(C(=O)N3CCCCC3)[nH]c2c1. The van der Waals surface area contributed by atoms with Crippen molar-refractivity contribution in [3.05, 3.63) is 35.5 Å². The highest BCUT2D eigenvalue weighted by Gasteiger charge is 2.19. The van der Waals surface area contributed by atoms with Crippen LogP contribution in [0.4, 0.5) is 0 Å². The Morgan fingerprint density at radius 2 is 1.80 bits per heavy atom. The smallest absolute Gasteiger partial charge is 0.270 e. The number of H-pyrrole nitrogens is 1. The first kappa shape index (κ1) is 14.6. The van der Waals surface area contributed by atoms with Gasteiger partial charge in [-0.25, -0.2) is 0 Å². The summed E-state index contributed by atoms with van der Waals surface area (Å²) in [5, 5.41) is 1.11. The Morgan fingerprint density at radius 3 is 2.50 bits per heavy atom. The quantitative estimate of drug-likeness (QED) is 0.832. The highest BCUT2D eigenvalue weighted by Crippen LogP contribution is 2.19. The highest BCUT2D eigenvalue weighted by molar-refractivity contribution is 5.98. The molecule has 1 N–H and O–H groups in total. The van der Waals surface area contributed by atoms with E-state index in [9.17, 15) is 4.79 Å². The molecule has 1 aromatic carbocycles. The van der Waals surface area contributed by atoms with Crippen molar-refractivity contribution in [3.8, 4) is 0 Å². The number of rotatable bonds is 1. The fourth-order valence-electron chi connectivity index (χ4n) is 2.62. The van der Waals surface area contributed by atoms with Crippen molar-refractivity contribution in [1.29, 1.82) is 0 Å². The largest absolute Gasteiger partial charge is 0.351 e. The van der Waals surface area contributed by atoms with Gasteiger partial charge in [-0.3, -0.25) is 4.79 Å². The lowest BCUT2D eigenvalue weighted by Crippen LogP contribution is -2.35. The fourth-order valence-corrected chi connectivity index (χ4v) is 2.62. The second kappa shape index (κ2) is 6.60. The number of nitrogens with zero attached hydrogens (tertiary/aromatic N) is 1. The number of carbonyl (C=O) groups is 1. The minimum atomic E-state index is 0.142. The first-order valence-corrected chi connectivity index (χ1v) is 7.63. The summed E-state index contributed by atoms with van der Waals surface area (Å²) >= 11 is 0. The topological polar surface area (TPSA) is 36.1 Å². The van der Waals surface area contributed by atoms with Crippen LogP contribution in [0.2, 0.25) is 0 Å². The first-order chi connectivity index (χ1) is 9.74. The standard InChI is InChI=1S/C15H18N2O.C2H6/c1-11-5-6-12-10-14(16-13(12)9-11)15(18)17-7-3-2-4-8-17;1-2/h5-6,9-10,16H,2-4,7-8H2,1H3;1-2H3. The van der Waals surface area contributed by atoms with Crippen LogP contribution in [0, 0.1) is 6.92 Å². The second-order valence-corrected chi connectivity index (χ2v) is 5.13. The lowest BCUT2D eigenvalue weighted by atomic mass is 10.1. The Morgan fingerprint density at radius 1 is 1.10 bits per heavy atom. The number of aromatic nitrogens is 1. The molecule has 2 aromatic rings. The molecule has 3 nitrogen and oxygen atoms in total. The minimum Gasteiger partial charge on any atom is -0.351 e. The Balaban J connectivity index is 0.000000704. The summed E-state index contributed by atoms with van der Waals surface area (Å²) in [5.74, 6) is 0.142. The van der Waals surface area contributed by atoms with Gasteiger partial charge in [-0.2, -0.15) is 0 Å². The number of aromatic amines is 1. The zero-order valence-electron chi connectivity index (χ0n) is 12.7. The summed E-state index contributed by atoms with van der Waals surface area (Å²) in [7, 11) is 0. The first-order valence-electron chi connectivity index (χ1n) is 7.63. The molecule has 108 valence electrons. The molecule has 1 aliphatic heterocycles. The van der Waals surface area contributed by atoms with Gasteiger partial charge < -0.3 is 9.88 Å². The number of hydrogen-bond donors (Lipinski definition) is 1. The molecular formula is C17H24N2O. The number of nitrogens with one attached hydrogen (secondary N) is 1. The summed E-state index contributed by atoms with van der Waals surface area (Å²) in [6.07, 6.45) is 3.51. The van der Waals surface area contributed by atoms with E-state index >= 15 is 0 Å². The Hall–Kier alpha value is -1.77. The molecule has 0 bridgehead atoms. The average Bonchev–Trinajstić information content (AvgIpc) is 2.92. The van der Waals surface area contributed by atoms with Crippen molar-refractivity contribution in [2.45, 2.75) is 40.0 Å². The third kappa shape index (κ3) is 3.03. The molecule has 1 fully saturated rings. The van der Waals surface area contributed by atoms with Crippen LogP contribution in [-0.2, 0) is 0 Å². The number of carbonyl (C=O) groups excluding carboxylic acids is 1. The summed E-state index contributed by atoms with van der Waals surface area (Å²) in [6.45, 7) is 7.85. The molecular weight excluding hydrogens is 248 g/mol. The lowest BCUT2D eigenvalue weighted by Gasteiger charge is -2.26. The van der Waals surface area contributed by atoms with Gasteiger partial charge in [0.05, 0.1) is 0 Å². The van der Waals surface area contributed by atoms with Crippen molar-refractivity contribution in [2.75, 3.05) is 13.1 Å². The molecule has 1 saturated heterocycles. The molecule has 20 heavy (non-hydrogen) atoms. The maximum atomic E-state index is 12.3. The fraction of sp³-hybridized carbons (Fsp3) is 0.471. The highest BCUT2D eigenvalue weighted by atomic mass is 16.2. The summed E-state index contributed by atoms with van der Waals surface area (Å²) in [5.41, 5.74) is 2.98. The predicted molar refractivity (Wildman–Crippen MR) is 84.1 cm³/mol. The van der Waals surface area contributed by atoms with Crippen molar-refractivity contribution in [3.63, 3.8) is 0 Å². The monoisotopic (exact) mass is 272 g/mol. The zero-order chi connectivity index (χ0) is 14.5. The number of benzene rings is 1. The number of hydrogen-bond acceptors (Lipinski definition) is 1. The van der Waals surface area contributed by atoms with E-state index in [4.69, 9.17) is 0 Å². The van der Waals surface area contributed by atoms with Gasteiger partial charge in [-0.05, 0) is 43.9 Å². The van der Waals surface area contributed by atoms with E-state index in [0.29, 0.717) is 0 Å². The molecule has 0 unspecified atom stereocenters. The van der Waals surface area contributed by atoms with E-state index in [-0.39, 0.29) is 5.91 Å². The number of likely N-dealkylation sites (tertiary alicyclic amines) is 1. The Labute approximate surface area is 121 Å². The second-order valence-electron chi connectivity index (χ2n) is 5.13. The third-order valence-electron chi connectivity index (χ3n) is 3.65. The summed E-state index contributed by atoms with van der Waals surface area (Å²) < 4.78 is 0. The Bertz CT molecular complexity index is 580. The molecule has 0 aliphatic carbocycles. The normalized spacial score (nSPS) is 14.8. The summed E-state index contributed by atoms with van der Waals surface area (Å²) in [6, 6.07) is 8.19. The molecule has 1 aromatic heterocycles. The van der Waals surface area contributed by atoms with Gasteiger partial charge in [-0.1, -0.05) is 26.0 Å².